The SMILES string of the molecule is CSc1ncc(Br)c(C=O)n1. The van der Waals surface area contributed by atoms with Gasteiger partial charge in [0.25, 0.3) is 0 Å². The molecule has 0 aliphatic heterocycles. The smallest absolute Gasteiger partial charge is 0.187 e. The molecule has 0 atom stereocenters. The van der Waals surface area contributed by atoms with Crippen molar-refractivity contribution in [1.29, 1.82) is 0 Å². The fourth-order valence-electron chi connectivity index (χ4n) is 0.544. The summed E-state index contributed by atoms with van der Waals surface area (Å²) in [5.41, 5.74) is 0.393. The summed E-state index contributed by atoms with van der Waals surface area (Å²) in [6, 6.07) is 0. The molecule has 0 spiro atoms. The minimum atomic E-state index is 0.393. The zero-order valence-electron chi connectivity index (χ0n) is 5.74. The third kappa shape index (κ3) is 2.00. The molecule has 58 valence electrons. The molecule has 0 saturated heterocycles. The van der Waals surface area contributed by atoms with Crippen molar-refractivity contribution in [3.63, 3.8) is 0 Å². The Morgan fingerprint density at radius 1 is 1.73 bits per heavy atom. The third-order valence-corrected chi connectivity index (χ3v) is 2.22. The van der Waals surface area contributed by atoms with E-state index in [4.69, 9.17) is 0 Å². The fraction of sp³-hybridized carbons (Fsp3) is 0.167. The van der Waals surface area contributed by atoms with Crippen LogP contribution in [0.3, 0.4) is 0 Å². The summed E-state index contributed by atoms with van der Waals surface area (Å²) < 4.78 is 0.630. The Morgan fingerprint density at radius 2 is 2.45 bits per heavy atom. The van der Waals surface area contributed by atoms with E-state index in [-0.39, 0.29) is 0 Å². The number of aromatic nitrogens is 2. The van der Waals surface area contributed by atoms with Crippen LogP contribution in [0.2, 0.25) is 0 Å². The van der Waals surface area contributed by atoms with E-state index in [1.165, 1.54) is 11.8 Å². The van der Waals surface area contributed by atoms with Crippen molar-refractivity contribution in [2.45, 2.75) is 5.16 Å². The van der Waals surface area contributed by atoms with Crippen molar-refractivity contribution in [3.05, 3.63) is 16.4 Å². The van der Waals surface area contributed by atoms with E-state index in [9.17, 15) is 4.79 Å². The topological polar surface area (TPSA) is 42.9 Å². The Labute approximate surface area is 76.8 Å². The monoisotopic (exact) mass is 232 g/mol. The molecule has 0 saturated carbocycles. The Hall–Kier alpha value is -0.420. The standard InChI is InChI=1S/C6H5BrN2OS/c1-11-6-8-2-4(7)5(3-10)9-6/h2-3H,1H3. The summed E-state index contributed by atoms with van der Waals surface area (Å²) >= 11 is 4.56. The lowest BCUT2D eigenvalue weighted by Crippen LogP contribution is -1.93. The molecular weight excluding hydrogens is 228 g/mol. The first-order valence-corrected chi connectivity index (χ1v) is 4.81. The molecule has 0 bridgehead atoms. The van der Waals surface area contributed by atoms with Gasteiger partial charge in [0.05, 0.1) is 4.47 Å². The van der Waals surface area contributed by atoms with Gasteiger partial charge in [-0.05, 0) is 22.2 Å². The molecule has 1 rings (SSSR count). The summed E-state index contributed by atoms with van der Waals surface area (Å²) in [7, 11) is 0. The number of aldehydes is 1. The van der Waals surface area contributed by atoms with Gasteiger partial charge < -0.3 is 0 Å². The van der Waals surface area contributed by atoms with Crippen LogP contribution in [0.5, 0.6) is 0 Å². The van der Waals surface area contributed by atoms with Gasteiger partial charge in [0.2, 0.25) is 0 Å². The van der Waals surface area contributed by atoms with Crippen molar-refractivity contribution in [2.75, 3.05) is 6.26 Å². The Morgan fingerprint density at radius 3 is 3.00 bits per heavy atom. The molecule has 0 aromatic carbocycles. The van der Waals surface area contributed by atoms with E-state index in [1.54, 1.807) is 6.20 Å². The molecule has 0 radical (unpaired) electrons. The third-order valence-electron chi connectivity index (χ3n) is 1.04. The number of hydrogen-bond donors (Lipinski definition) is 0. The molecule has 0 amide bonds. The van der Waals surface area contributed by atoms with Gasteiger partial charge in [-0.3, -0.25) is 4.79 Å². The van der Waals surface area contributed by atoms with E-state index in [2.05, 4.69) is 25.9 Å². The number of carbonyl (C=O) groups is 1. The van der Waals surface area contributed by atoms with Crippen molar-refractivity contribution in [1.82, 2.24) is 9.97 Å². The number of thioether (sulfide) groups is 1. The Kier molecular flexibility index (Phi) is 3.02. The van der Waals surface area contributed by atoms with Crippen molar-refractivity contribution < 1.29 is 4.79 Å². The van der Waals surface area contributed by atoms with Gasteiger partial charge in [-0.1, -0.05) is 11.8 Å². The van der Waals surface area contributed by atoms with Crippen LogP contribution in [-0.2, 0) is 0 Å². The van der Waals surface area contributed by atoms with Crippen molar-refractivity contribution in [2.24, 2.45) is 0 Å². The second-order valence-corrected chi connectivity index (χ2v) is 3.34. The number of halogens is 1. The van der Waals surface area contributed by atoms with Crippen LogP contribution < -0.4 is 0 Å². The van der Waals surface area contributed by atoms with E-state index in [1.807, 2.05) is 6.26 Å². The van der Waals surface area contributed by atoms with E-state index < -0.39 is 0 Å². The summed E-state index contributed by atoms with van der Waals surface area (Å²) in [5.74, 6) is 0. The predicted octanol–water partition coefficient (Wildman–Crippen LogP) is 1.77. The van der Waals surface area contributed by atoms with Gasteiger partial charge in [0.15, 0.2) is 11.4 Å². The van der Waals surface area contributed by atoms with Gasteiger partial charge in [-0.25, -0.2) is 9.97 Å². The summed E-state index contributed by atoms with van der Waals surface area (Å²) in [4.78, 5) is 18.3. The lowest BCUT2D eigenvalue weighted by Gasteiger charge is -1.96. The van der Waals surface area contributed by atoms with Crippen molar-refractivity contribution >= 4 is 34.0 Å². The molecule has 0 unspecified atom stereocenters. The zero-order chi connectivity index (χ0) is 8.27. The second kappa shape index (κ2) is 3.82. The van der Waals surface area contributed by atoms with Crippen molar-refractivity contribution in [3.8, 4) is 0 Å². The van der Waals surface area contributed by atoms with Crippen LogP contribution in [-0.4, -0.2) is 22.5 Å². The lowest BCUT2D eigenvalue weighted by molar-refractivity contribution is 0.111. The maximum Gasteiger partial charge on any atom is 0.187 e. The molecule has 0 aliphatic rings. The summed E-state index contributed by atoms with van der Waals surface area (Å²) in [6.45, 7) is 0. The molecular formula is C6H5BrN2OS. The minimum absolute atomic E-state index is 0.393. The molecule has 0 aliphatic carbocycles. The molecule has 1 heterocycles. The van der Waals surface area contributed by atoms with Gasteiger partial charge in [-0.2, -0.15) is 0 Å². The highest BCUT2D eigenvalue weighted by Crippen LogP contribution is 2.14. The number of hydrogen-bond acceptors (Lipinski definition) is 4. The van der Waals surface area contributed by atoms with E-state index in [0.29, 0.717) is 21.6 Å². The molecule has 3 nitrogen and oxygen atoms in total. The summed E-state index contributed by atoms with van der Waals surface area (Å²) in [5, 5.41) is 0.607. The minimum Gasteiger partial charge on any atom is -0.296 e. The first-order chi connectivity index (χ1) is 5.27. The molecule has 5 heteroatoms. The van der Waals surface area contributed by atoms with Gasteiger partial charge in [0.1, 0.15) is 5.69 Å². The number of carbonyl (C=O) groups excluding carboxylic acids is 1. The van der Waals surface area contributed by atoms with Crippen LogP contribution in [0.25, 0.3) is 0 Å². The maximum atomic E-state index is 10.4. The van der Waals surface area contributed by atoms with Crippen LogP contribution in [0.1, 0.15) is 10.5 Å². The molecule has 11 heavy (non-hydrogen) atoms. The predicted molar refractivity (Wildman–Crippen MR) is 46.9 cm³/mol. The summed E-state index contributed by atoms with van der Waals surface area (Å²) in [6.07, 6.45) is 4.13. The van der Waals surface area contributed by atoms with Gasteiger partial charge in [-0.15, -0.1) is 0 Å². The normalized spacial score (nSPS) is 9.64. The van der Waals surface area contributed by atoms with Crippen LogP contribution in [0.15, 0.2) is 15.8 Å². The lowest BCUT2D eigenvalue weighted by atomic mass is 10.5. The quantitative estimate of drug-likeness (QED) is 0.443. The van der Waals surface area contributed by atoms with Gasteiger partial charge >= 0.3 is 0 Å². The number of nitrogens with zero attached hydrogens (tertiary/aromatic N) is 2. The average molecular weight is 233 g/mol. The highest BCUT2D eigenvalue weighted by molar-refractivity contribution is 9.10. The average Bonchev–Trinajstić information content (AvgIpc) is 2.05. The van der Waals surface area contributed by atoms with Crippen LogP contribution >= 0.6 is 27.7 Å². The highest BCUT2D eigenvalue weighted by Gasteiger charge is 2.01. The van der Waals surface area contributed by atoms with E-state index in [0.717, 1.165) is 0 Å². The fourth-order valence-corrected chi connectivity index (χ4v) is 1.18. The molecule has 1 aromatic rings. The first-order valence-electron chi connectivity index (χ1n) is 2.79. The Bertz CT molecular complexity index is 279. The second-order valence-electron chi connectivity index (χ2n) is 1.71. The molecule has 1 aromatic heterocycles. The van der Waals surface area contributed by atoms with Crippen LogP contribution in [0, 0.1) is 0 Å². The van der Waals surface area contributed by atoms with E-state index >= 15 is 0 Å². The maximum absolute atomic E-state index is 10.4. The number of rotatable bonds is 2. The largest absolute Gasteiger partial charge is 0.296 e. The molecule has 0 N–H and O–H groups in total. The van der Waals surface area contributed by atoms with Crippen LogP contribution in [0.4, 0.5) is 0 Å². The van der Waals surface area contributed by atoms with Gasteiger partial charge in [0, 0.05) is 6.20 Å². The highest BCUT2D eigenvalue weighted by atomic mass is 79.9. The zero-order valence-corrected chi connectivity index (χ0v) is 8.15. The Balaban J connectivity index is 3.12. The first kappa shape index (κ1) is 8.67. The molecule has 0 fully saturated rings.